The molecule has 0 saturated heterocycles. The summed E-state index contributed by atoms with van der Waals surface area (Å²) in [5.74, 6) is 0. The van der Waals surface area contributed by atoms with E-state index in [2.05, 4.69) is 204 Å². The molecule has 12 rings (SSSR count). The Balaban J connectivity index is 1.10. The number of rotatable bonds is 5. The molecule has 0 fully saturated rings. The fourth-order valence-corrected chi connectivity index (χ4v) is 10.1. The molecule has 3 aromatic heterocycles. The highest BCUT2D eigenvalue weighted by molar-refractivity contribution is 7.26. The van der Waals surface area contributed by atoms with Gasteiger partial charge in [-0.05, 0) is 89.3 Å². The Morgan fingerprint density at radius 1 is 0.446 bits per heavy atom. The van der Waals surface area contributed by atoms with Crippen LogP contribution in [0.1, 0.15) is 0 Å². The molecule has 0 amide bonds. The Hall–Kier alpha value is -7.14. The van der Waals surface area contributed by atoms with Gasteiger partial charge >= 0.3 is 0 Å². The normalized spacial score (nSPS) is 11.9. The number of aromatic nitrogens is 1. The summed E-state index contributed by atoms with van der Waals surface area (Å²) in [6.45, 7) is 0. The smallest absolute Gasteiger partial charge is 0.143 e. The molecule has 0 radical (unpaired) electrons. The maximum absolute atomic E-state index is 6.62. The van der Waals surface area contributed by atoms with E-state index in [1.54, 1.807) is 0 Å². The van der Waals surface area contributed by atoms with Crippen molar-refractivity contribution in [2.24, 2.45) is 0 Å². The minimum absolute atomic E-state index is 0.893. The van der Waals surface area contributed by atoms with Gasteiger partial charge in [0.15, 0.2) is 0 Å². The maximum atomic E-state index is 6.62. The molecule has 4 heteroatoms. The molecule has 0 unspecified atom stereocenters. The monoisotopic (exact) mass is 732 g/mol. The van der Waals surface area contributed by atoms with Gasteiger partial charge in [-0.2, -0.15) is 0 Å². The lowest BCUT2D eigenvalue weighted by atomic mass is 9.97. The number of para-hydroxylation sites is 2. The molecule has 12 aromatic rings. The van der Waals surface area contributed by atoms with Crippen molar-refractivity contribution in [3.8, 4) is 16.8 Å². The minimum atomic E-state index is 0.893. The van der Waals surface area contributed by atoms with Crippen molar-refractivity contribution in [2.75, 3.05) is 4.90 Å². The second-order valence-corrected chi connectivity index (χ2v) is 15.6. The van der Waals surface area contributed by atoms with Crippen LogP contribution in [-0.2, 0) is 0 Å². The van der Waals surface area contributed by atoms with Gasteiger partial charge in [-0.3, -0.25) is 0 Å². The fraction of sp³-hybridized carbons (Fsp3) is 0. The van der Waals surface area contributed by atoms with Gasteiger partial charge in [0.25, 0.3) is 0 Å². The molecule has 0 aliphatic carbocycles. The number of furan rings is 1. The second kappa shape index (κ2) is 12.2. The predicted octanol–water partition coefficient (Wildman–Crippen LogP) is 15.3. The van der Waals surface area contributed by atoms with Crippen LogP contribution in [0, 0.1) is 0 Å². The number of nitrogens with zero attached hydrogens (tertiary/aromatic N) is 2. The van der Waals surface area contributed by atoms with E-state index >= 15 is 0 Å². The highest BCUT2D eigenvalue weighted by Gasteiger charge is 2.21. The standard InChI is InChI=1S/C52H32N2OS/c1-2-18-39-33(13-1)29-30-43-50-38(22-11-26-47(50)55-52(39)43)34-14-9-15-35(31-34)53(46-25-12-28-49-51(46)42-21-5-8-27-48(42)56-49)36-16-10-17-37(32-36)54-44-23-6-3-19-40(44)41-20-4-7-24-45(41)54/h1-32H. The first-order valence-electron chi connectivity index (χ1n) is 19.0. The van der Waals surface area contributed by atoms with Crippen molar-refractivity contribution >= 4 is 103 Å². The molecule has 56 heavy (non-hydrogen) atoms. The van der Waals surface area contributed by atoms with E-state index in [1.807, 2.05) is 11.3 Å². The van der Waals surface area contributed by atoms with Crippen molar-refractivity contribution < 1.29 is 4.42 Å². The quantitative estimate of drug-likeness (QED) is 0.176. The molecular weight excluding hydrogens is 701 g/mol. The van der Waals surface area contributed by atoms with Crippen LogP contribution in [0.15, 0.2) is 199 Å². The minimum Gasteiger partial charge on any atom is -0.455 e. The number of anilines is 3. The highest BCUT2D eigenvalue weighted by Crippen LogP contribution is 2.47. The second-order valence-electron chi connectivity index (χ2n) is 14.5. The Bertz CT molecular complexity index is 3460. The van der Waals surface area contributed by atoms with Crippen LogP contribution in [0.3, 0.4) is 0 Å². The summed E-state index contributed by atoms with van der Waals surface area (Å²) >= 11 is 1.85. The summed E-state index contributed by atoms with van der Waals surface area (Å²) in [6.07, 6.45) is 0. The lowest BCUT2D eigenvalue weighted by molar-refractivity contribution is 0.673. The van der Waals surface area contributed by atoms with Crippen LogP contribution < -0.4 is 4.90 Å². The van der Waals surface area contributed by atoms with Crippen molar-refractivity contribution in [2.45, 2.75) is 0 Å². The Morgan fingerprint density at radius 3 is 1.95 bits per heavy atom. The van der Waals surface area contributed by atoms with Crippen molar-refractivity contribution in [3.05, 3.63) is 194 Å². The average Bonchev–Trinajstić information content (AvgIpc) is 3.94. The molecule has 0 bridgehead atoms. The number of benzene rings is 9. The van der Waals surface area contributed by atoms with Crippen LogP contribution in [0.2, 0.25) is 0 Å². The predicted molar refractivity (Wildman–Crippen MR) is 239 cm³/mol. The highest BCUT2D eigenvalue weighted by atomic mass is 32.1. The summed E-state index contributed by atoms with van der Waals surface area (Å²) in [6, 6.07) is 70.3. The van der Waals surface area contributed by atoms with Gasteiger partial charge in [-0.1, -0.05) is 121 Å². The first-order chi connectivity index (χ1) is 27.8. The molecule has 262 valence electrons. The molecular formula is C52H32N2OS. The molecule has 9 aromatic carbocycles. The van der Waals surface area contributed by atoms with E-state index in [0.717, 1.165) is 61.2 Å². The van der Waals surface area contributed by atoms with Crippen LogP contribution in [-0.4, -0.2) is 4.57 Å². The van der Waals surface area contributed by atoms with Crippen molar-refractivity contribution in [1.82, 2.24) is 4.57 Å². The van der Waals surface area contributed by atoms with Crippen molar-refractivity contribution in [3.63, 3.8) is 0 Å². The van der Waals surface area contributed by atoms with E-state index in [9.17, 15) is 0 Å². The Kier molecular flexibility index (Phi) is 6.80. The van der Waals surface area contributed by atoms with Gasteiger partial charge < -0.3 is 13.9 Å². The maximum Gasteiger partial charge on any atom is 0.143 e. The van der Waals surface area contributed by atoms with E-state index in [4.69, 9.17) is 4.42 Å². The van der Waals surface area contributed by atoms with Gasteiger partial charge in [-0.15, -0.1) is 11.3 Å². The average molecular weight is 733 g/mol. The van der Waals surface area contributed by atoms with Crippen LogP contribution in [0.4, 0.5) is 17.1 Å². The molecule has 0 saturated carbocycles. The van der Waals surface area contributed by atoms with Gasteiger partial charge in [0.2, 0.25) is 0 Å². The zero-order valence-corrected chi connectivity index (χ0v) is 31.0. The summed E-state index contributed by atoms with van der Waals surface area (Å²) in [4.78, 5) is 2.45. The topological polar surface area (TPSA) is 21.3 Å². The van der Waals surface area contributed by atoms with Gasteiger partial charge in [0.1, 0.15) is 11.2 Å². The van der Waals surface area contributed by atoms with Gasteiger partial charge in [0, 0.05) is 64.2 Å². The number of hydrogen-bond acceptors (Lipinski definition) is 3. The summed E-state index contributed by atoms with van der Waals surface area (Å²) in [7, 11) is 0. The summed E-state index contributed by atoms with van der Waals surface area (Å²) < 4.78 is 11.6. The third kappa shape index (κ3) is 4.63. The molecule has 0 spiro atoms. The lowest BCUT2D eigenvalue weighted by Gasteiger charge is -2.27. The number of hydrogen-bond donors (Lipinski definition) is 0. The summed E-state index contributed by atoms with van der Waals surface area (Å²) in [5.41, 5.74) is 10.9. The van der Waals surface area contributed by atoms with Gasteiger partial charge in [-0.25, -0.2) is 0 Å². The molecule has 0 aliphatic rings. The van der Waals surface area contributed by atoms with Gasteiger partial charge in [0.05, 0.1) is 16.7 Å². The van der Waals surface area contributed by atoms with Crippen LogP contribution >= 0.6 is 11.3 Å². The Morgan fingerprint density at radius 2 is 1.11 bits per heavy atom. The van der Waals surface area contributed by atoms with E-state index < -0.39 is 0 Å². The Labute approximate surface area is 326 Å². The largest absolute Gasteiger partial charge is 0.455 e. The van der Waals surface area contributed by atoms with Crippen molar-refractivity contribution in [1.29, 1.82) is 0 Å². The van der Waals surface area contributed by atoms with E-state index in [0.29, 0.717) is 0 Å². The first kappa shape index (κ1) is 31.2. The lowest BCUT2D eigenvalue weighted by Crippen LogP contribution is -2.11. The zero-order valence-electron chi connectivity index (χ0n) is 30.2. The fourth-order valence-electron chi connectivity index (χ4n) is 8.95. The molecule has 3 heterocycles. The SMILES string of the molecule is c1cc(-c2cccc3oc4c5ccccc5ccc4c23)cc(N(c2cccc(-n3c4ccccc4c4ccccc43)c2)c2cccc3sc4ccccc4c23)c1. The third-order valence-electron chi connectivity index (χ3n) is 11.4. The molecule has 3 nitrogen and oxygen atoms in total. The summed E-state index contributed by atoms with van der Waals surface area (Å²) in [5, 5.41) is 9.60. The van der Waals surface area contributed by atoms with E-state index in [-0.39, 0.29) is 0 Å². The molecule has 0 N–H and O–H groups in total. The number of fused-ring (bicyclic) bond motifs is 11. The first-order valence-corrected chi connectivity index (χ1v) is 19.8. The van der Waals surface area contributed by atoms with Crippen LogP contribution in [0.25, 0.3) is 91.5 Å². The number of thiophene rings is 1. The molecule has 0 atom stereocenters. The molecule has 0 aliphatic heterocycles. The zero-order chi connectivity index (χ0) is 36.7. The third-order valence-corrected chi connectivity index (χ3v) is 12.5. The van der Waals surface area contributed by atoms with E-state index in [1.165, 1.54) is 47.4 Å². The van der Waals surface area contributed by atoms with Crippen LogP contribution in [0.5, 0.6) is 0 Å².